The van der Waals surface area contributed by atoms with Crippen molar-refractivity contribution in [2.24, 2.45) is 0 Å². The molecule has 3 rings (SSSR count). The summed E-state index contributed by atoms with van der Waals surface area (Å²) < 4.78 is 1.87. The number of allylic oxidation sites excluding steroid dienone is 4. The van der Waals surface area contributed by atoms with Gasteiger partial charge in [0.1, 0.15) is 5.75 Å². The molecule has 1 aromatic carbocycles. The first-order chi connectivity index (χ1) is 10.1. The minimum Gasteiger partial charge on any atom is -0.507 e. The smallest absolute Gasteiger partial charge is 0.152 e. The third-order valence-corrected chi connectivity index (χ3v) is 3.59. The van der Waals surface area contributed by atoms with Crippen LogP contribution in [0.1, 0.15) is 24.0 Å². The molecule has 0 bridgehead atoms. The molecular weight excluding hydrogens is 262 g/mol. The summed E-state index contributed by atoms with van der Waals surface area (Å²) in [5.74, 6) is 1.14. The Labute approximate surface area is 124 Å². The van der Waals surface area contributed by atoms with E-state index in [1.165, 1.54) is 0 Å². The predicted molar refractivity (Wildman–Crippen MR) is 85.7 cm³/mol. The second kappa shape index (κ2) is 5.48. The van der Waals surface area contributed by atoms with Crippen LogP contribution in [0.15, 0.2) is 42.6 Å². The molecular formula is C17H19N3O. The Kier molecular flexibility index (Phi) is 3.52. The largest absolute Gasteiger partial charge is 0.507 e. The minimum atomic E-state index is 0.351. The summed E-state index contributed by atoms with van der Waals surface area (Å²) in [6, 6.07) is 5.78. The van der Waals surface area contributed by atoms with E-state index in [0.717, 1.165) is 41.2 Å². The van der Waals surface area contributed by atoms with Crippen LogP contribution in [0, 0.1) is 13.8 Å². The van der Waals surface area contributed by atoms with Crippen LogP contribution in [0.25, 0.3) is 5.70 Å². The van der Waals surface area contributed by atoms with Crippen molar-refractivity contribution in [3.63, 3.8) is 0 Å². The summed E-state index contributed by atoms with van der Waals surface area (Å²) >= 11 is 0. The molecule has 0 unspecified atom stereocenters. The maximum Gasteiger partial charge on any atom is 0.152 e. The third kappa shape index (κ3) is 2.84. The Balaban J connectivity index is 1.81. The van der Waals surface area contributed by atoms with Gasteiger partial charge >= 0.3 is 0 Å². The minimum absolute atomic E-state index is 0.351. The second-order valence-corrected chi connectivity index (χ2v) is 5.34. The number of aromatic hydroxyl groups is 1. The van der Waals surface area contributed by atoms with Crippen LogP contribution in [-0.2, 0) is 0 Å². The molecule has 1 heterocycles. The van der Waals surface area contributed by atoms with Gasteiger partial charge in [-0.2, -0.15) is 5.10 Å². The van der Waals surface area contributed by atoms with E-state index in [-0.39, 0.29) is 0 Å². The molecule has 0 atom stereocenters. The molecule has 1 aliphatic carbocycles. The maximum atomic E-state index is 9.81. The number of aryl methyl sites for hydroxylation is 2. The number of benzene rings is 1. The molecule has 1 aliphatic rings. The normalized spacial score (nSPS) is 14.1. The maximum absolute atomic E-state index is 9.81. The van der Waals surface area contributed by atoms with E-state index in [1.54, 1.807) is 0 Å². The zero-order valence-electron chi connectivity index (χ0n) is 12.3. The lowest BCUT2D eigenvalue weighted by Crippen LogP contribution is -1.99. The van der Waals surface area contributed by atoms with E-state index in [9.17, 15) is 5.11 Å². The summed E-state index contributed by atoms with van der Waals surface area (Å²) in [5.41, 5.74) is 3.75. The fraction of sp³-hybridized carbons (Fsp3) is 0.235. The zero-order chi connectivity index (χ0) is 14.8. The van der Waals surface area contributed by atoms with E-state index in [2.05, 4.69) is 28.6 Å². The van der Waals surface area contributed by atoms with Crippen LogP contribution < -0.4 is 5.32 Å². The third-order valence-electron chi connectivity index (χ3n) is 3.59. The number of rotatable bonds is 3. The molecule has 1 aromatic heterocycles. The Hall–Kier alpha value is -2.49. The quantitative estimate of drug-likeness (QED) is 0.831. The van der Waals surface area contributed by atoms with Crippen LogP contribution in [0.2, 0.25) is 0 Å². The standard InChI is InChI=1S/C17H19N3O/c1-12-10-14(11-13(2)17(12)21)18-16-8-9-20(19-16)15-6-4-3-5-7-15/h4,6-11,21H,3,5H2,1-2H3,(H,18,19). The average Bonchev–Trinajstić information content (AvgIpc) is 2.94. The van der Waals surface area contributed by atoms with Gasteiger partial charge in [0.15, 0.2) is 5.82 Å². The molecule has 0 saturated carbocycles. The average molecular weight is 281 g/mol. The van der Waals surface area contributed by atoms with E-state index in [1.807, 2.05) is 42.9 Å². The first-order valence-corrected chi connectivity index (χ1v) is 7.13. The van der Waals surface area contributed by atoms with Gasteiger partial charge in [0.05, 0.1) is 5.70 Å². The first kappa shape index (κ1) is 13.5. The zero-order valence-corrected chi connectivity index (χ0v) is 12.3. The summed E-state index contributed by atoms with van der Waals surface area (Å²) in [4.78, 5) is 0. The predicted octanol–water partition coefficient (Wildman–Crippen LogP) is 4.14. The van der Waals surface area contributed by atoms with E-state index in [4.69, 9.17) is 0 Å². The highest BCUT2D eigenvalue weighted by molar-refractivity contribution is 5.63. The molecule has 2 N–H and O–H groups in total. The number of hydrogen-bond donors (Lipinski definition) is 2. The van der Waals surface area contributed by atoms with Crippen molar-refractivity contribution < 1.29 is 5.11 Å². The van der Waals surface area contributed by atoms with Gasteiger partial charge in [0, 0.05) is 18.0 Å². The monoisotopic (exact) mass is 281 g/mol. The fourth-order valence-electron chi connectivity index (χ4n) is 2.48. The molecule has 0 amide bonds. The molecule has 4 nitrogen and oxygen atoms in total. The highest BCUT2D eigenvalue weighted by Crippen LogP contribution is 2.27. The summed E-state index contributed by atoms with van der Waals surface area (Å²) in [5, 5.41) is 17.6. The molecule has 0 fully saturated rings. The van der Waals surface area contributed by atoms with E-state index in [0.29, 0.717) is 5.75 Å². The molecule has 108 valence electrons. The molecule has 2 aromatic rings. The van der Waals surface area contributed by atoms with Crippen molar-refractivity contribution >= 4 is 17.2 Å². The lowest BCUT2D eigenvalue weighted by molar-refractivity contribution is 0.467. The highest BCUT2D eigenvalue weighted by Gasteiger charge is 2.06. The summed E-state index contributed by atoms with van der Waals surface area (Å²) in [6.07, 6.45) is 10.5. The van der Waals surface area contributed by atoms with E-state index >= 15 is 0 Å². The Bertz CT molecular complexity index is 702. The van der Waals surface area contributed by atoms with Crippen LogP contribution in [0.5, 0.6) is 5.75 Å². The highest BCUT2D eigenvalue weighted by atomic mass is 16.3. The number of hydrogen-bond acceptors (Lipinski definition) is 3. The summed E-state index contributed by atoms with van der Waals surface area (Å²) in [7, 11) is 0. The Morgan fingerprint density at radius 2 is 1.95 bits per heavy atom. The number of aromatic nitrogens is 2. The SMILES string of the molecule is Cc1cc(Nc2ccn(C3=CCCC=C3)n2)cc(C)c1O. The first-order valence-electron chi connectivity index (χ1n) is 7.13. The molecule has 21 heavy (non-hydrogen) atoms. The summed E-state index contributed by atoms with van der Waals surface area (Å²) in [6.45, 7) is 3.79. The van der Waals surface area contributed by atoms with Gasteiger partial charge in [-0.3, -0.25) is 0 Å². The van der Waals surface area contributed by atoms with Gasteiger partial charge in [0.2, 0.25) is 0 Å². The number of nitrogens with one attached hydrogen (secondary N) is 1. The van der Waals surface area contributed by atoms with Gasteiger partial charge in [0.25, 0.3) is 0 Å². The van der Waals surface area contributed by atoms with E-state index < -0.39 is 0 Å². The Morgan fingerprint density at radius 1 is 1.19 bits per heavy atom. The van der Waals surface area contributed by atoms with Crippen molar-refractivity contribution in [1.82, 2.24) is 9.78 Å². The van der Waals surface area contributed by atoms with Crippen LogP contribution in [0.4, 0.5) is 11.5 Å². The van der Waals surface area contributed by atoms with Gasteiger partial charge < -0.3 is 10.4 Å². The number of phenolic OH excluding ortho intramolecular Hbond substituents is 1. The number of anilines is 2. The van der Waals surface area contributed by atoms with Crippen molar-refractivity contribution in [2.45, 2.75) is 26.7 Å². The Morgan fingerprint density at radius 3 is 2.62 bits per heavy atom. The van der Waals surface area contributed by atoms with Gasteiger partial charge in [-0.1, -0.05) is 12.2 Å². The van der Waals surface area contributed by atoms with Gasteiger partial charge in [-0.15, -0.1) is 0 Å². The van der Waals surface area contributed by atoms with Gasteiger partial charge in [-0.25, -0.2) is 4.68 Å². The molecule has 0 radical (unpaired) electrons. The number of nitrogens with zero attached hydrogens (tertiary/aromatic N) is 2. The number of phenols is 1. The topological polar surface area (TPSA) is 50.1 Å². The van der Waals surface area contributed by atoms with Crippen molar-refractivity contribution in [1.29, 1.82) is 0 Å². The van der Waals surface area contributed by atoms with Crippen molar-refractivity contribution in [2.75, 3.05) is 5.32 Å². The second-order valence-electron chi connectivity index (χ2n) is 5.34. The molecule has 0 aliphatic heterocycles. The fourth-order valence-corrected chi connectivity index (χ4v) is 2.48. The van der Waals surface area contributed by atoms with Crippen LogP contribution in [-0.4, -0.2) is 14.9 Å². The molecule has 0 saturated heterocycles. The molecule has 4 heteroatoms. The van der Waals surface area contributed by atoms with Crippen LogP contribution in [0.3, 0.4) is 0 Å². The lowest BCUT2D eigenvalue weighted by Gasteiger charge is -2.09. The van der Waals surface area contributed by atoms with Crippen molar-refractivity contribution in [3.05, 3.63) is 53.8 Å². The lowest BCUT2D eigenvalue weighted by atomic mass is 10.1. The van der Waals surface area contributed by atoms with Gasteiger partial charge in [-0.05, 0) is 56.0 Å². The van der Waals surface area contributed by atoms with Crippen LogP contribution >= 0.6 is 0 Å². The molecule has 0 spiro atoms. The van der Waals surface area contributed by atoms with Crippen molar-refractivity contribution in [3.8, 4) is 5.75 Å².